The third-order valence-corrected chi connectivity index (χ3v) is 5.07. The maximum Gasteiger partial charge on any atom is 0.170 e. The molecule has 2 heteroatoms. The number of carbonyl (C=O) groups excluding carboxylic acids is 1. The number of ether oxygens (including phenoxy) is 1. The topological polar surface area (TPSA) is 26.3 Å². The summed E-state index contributed by atoms with van der Waals surface area (Å²) < 4.78 is 6.11. The molecule has 0 fully saturated rings. The molecule has 0 radical (unpaired) electrons. The van der Waals surface area contributed by atoms with Crippen LogP contribution in [-0.4, -0.2) is 5.78 Å². The molecule has 0 saturated carbocycles. The Kier molecular flexibility index (Phi) is 3.90. The number of ketones is 1. The lowest BCUT2D eigenvalue weighted by molar-refractivity contribution is 0.0850. The van der Waals surface area contributed by atoms with Crippen LogP contribution in [0.2, 0.25) is 0 Å². The molecule has 1 unspecified atom stereocenters. The highest BCUT2D eigenvalue weighted by atomic mass is 16.5. The van der Waals surface area contributed by atoms with Gasteiger partial charge in [-0.05, 0) is 54.5 Å². The van der Waals surface area contributed by atoms with Gasteiger partial charge in [-0.3, -0.25) is 4.79 Å². The molecular formula is C21H22O2. The van der Waals surface area contributed by atoms with E-state index in [0.717, 1.165) is 23.3 Å². The SMILES string of the molecule is O=C1CC(c2ccc3c(c2)CCCCCC3)Oc2ccccc21. The van der Waals surface area contributed by atoms with E-state index in [1.54, 1.807) is 0 Å². The van der Waals surface area contributed by atoms with Crippen LogP contribution in [0.4, 0.5) is 0 Å². The molecule has 23 heavy (non-hydrogen) atoms. The number of fused-ring (bicyclic) bond motifs is 2. The van der Waals surface area contributed by atoms with E-state index in [-0.39, 0.29) is 11.9 Å². The van der Waals surface area contributed by atoms with Crippen LogP contribution in [-0.2, 0) is 12.8 Å². The Balaban J connectivity index is 1.64. The maximum atomic E-state index is 12.4. The number of carbonyl (C=O) groups is 1. The number of Topliss-reactive ketones (excluding diaryl/α,β-unsaturated/α-hetero) is 1. The van der Waals surface area contributed by atoms with Crippen molar-refractivity contribution < 1.29 is 9.53 Å². The molecule has 0 bridgehead atoms. The summed E-state index contributed by atoms with van der Waals surface area (Å²) in [6.45, 7) is 0. The van der Waals surface area contributed by atoms with E-state index in [4.69, 9.17) is 4.74 Å². The summed E-state index contributed by atoms with van der Waals surface area (Å²) in [6.07, 6.45) is 7.86. The molecule has 118 valence electrons. The van der Waals surface area contributed by atoms with Crippen molar-refractivity contribution in [1.29, 1.82) is 0 Å². The molecule has 0 saturated heterocycles. The van der Waals surface area contributed by atoms with Gasteiger partial charge in [0.15, 0.2) is 5.78 Å². The molecule has 2 nitrogen and oxygen atoms in total. The largest absolute Gasteiger partial charge is 0.484 e. The summed E-state index contributed by atoms with van der Waals surface area (Å²) in [5.41, 5.74) is 4.80. The summed E-state index contributed by atoms with van der Waals surface area (Å²) in [5, 5.41) is 0. The van der Waals surface area contributed by atoms with Crippen LogP contribution in [0.25, 0.3) is 0 Å². The van der Waals surface area contributed by atoms with Gasteiger partial charge in [0.25, 0.3) is 0 Å². The van der Waals surface area contributed by atoms with E-state index in [2.05, 4.69) is 18.2 Å². The number of hydrogen-bond donors (Lipinski definition) is 0. The van der Waals surface area contributed by atoms with Crippen LogP contribution in [0.5, 0.6) is 5.75 Å². The Hall–Kier alpha value is -2.09. The highest BCUT2D eigenvalue weighted by Crippen LogP contribution is 2.35. The smallest absolute Gasteiger partial charge is 0.170 e. The van der Waals surface area contributed by atoms with Gasteiger partial charge in [0, 0.05) is 0 Å². The van der Waals surface area contributed by atoms with E-state index >= 15 is 0 Å². The molecule has 1 aliphatic carbocycles. The zero-order valence-corrected chi connectivity index (χ0v) is 13.4. The molecule has 0 spiro atoms. The predicted octanol–water partition coefficient (Wildman–Crippen LogP) is 5.05. The Morgan fingerprint density at radius 2 is 1.65 bits per heavy atom. The number of para-hydroxylation sites is 1. The van der Waals surface area contributed by atoms with Crippen molar-refractivity contribution in [1.82, 2.24) is 0 Å². The molecule has 1 atom stereocenters. The fourth-order valence-corrected chi connectivity index (χ4v) is 3.77. The lowest BCUT2D eigenvalue weighted by Crippen LogP contribution is -2.20. The predicted molar refractivity (Wildman–Crippen MR) is 91.1 cm³/mol. The van der Waals surface area contributed by atoms with Crippen LogP contribution < -0.4 is 4.74 Å². The van der Waals surface area contributed by atoms with Crippen molar-refractivity contribution >= 4 is 5.78 Å². The van der Waals surface area contributed by atoms with Gasteiger partial charge >= 0.3 is 0 Å². The monoisotopic (exact) mass is 306 g/mol. The molecule has 1 aliphatic heterocycles. The minimum Gasteiger partial charge on any atom is -0.484 e. The summed E-state index contributed by atoms with van der Waals surface area (Å²) in [6, 6.07) is 14.3. The molecule has 2 aromatic carbocycles. The van der Waals surface area contributed by atoms with Crippen molar-refractivity contribution in [3.05, 3.63) is 64.7 Å². The summed E-state index contributed by atoms with van der Waals surface area (Å²) >= 11 is 0. The van der Waals surface area contributed by atoms with Crippen LogP contribution in [0, 0.1) is 0 Å². The van der Waals surface area contributed by atoms with Crippen LogP contribution in [0.1, 0.15) is 65.3 Å². The van der Waals surface area contributed by atoms with Crippen LogP contribution in [0.3, 0.4) is 0 Å². The fraction of sp³-hybridized carbons (Fsp3) is 0.381. The average Bonchev–Trinajstić information content (AvgIpc) is 2.55. The Labute approximate surface area is 137 Å². The lowest BCUT2D eigenvalue weighted by Gasteiger charge is -2.26. The first kappa shape index (κ1) is 14.5. The number of rotatable bonds is 1. The molecule has 1 heterocycles. The number of hydrogen-bond acceptors (Lipinski definition) is 2. The van der Waals surface area contributed by atoms with Gasteiger partial charge in [-0.1, -0.05) is 43.2 Å². The van der Waals surface area contributed by atoms with Crippen LogP contribution in [0.15, 0.2) is 42.5 Å². The zero-order valence-electron chi connectivity index (χ0n) is 13.4. The first-order valence-corrected chi connectivity index (χ1v) is 8.72. The molecule has 4 rings (SSSR count). The standard InChI is InChI=1S/C21H22O2/c22-19-14-21(23-20-10-6-5-9-18(19)20)17-12-11-15-7-3-1-2-4-8-16(15)13-17/h5-6,9-13,21H,1-4,7-8,14H2. The van der Waals surface area contributed by atoms with E-state index < -0.39 is 0 Å². The van der Waals surface area contributed by atoms with Gasteiger partial charge < -0.3 is 4.74 Å². The van der Waals surface area contributed by atoms with Gasteiger partial charge in [0.1, 0.15) is 11.9 Å². The molecule has 0 N–H and O–H groups in total. The Morgan fingerprint density at radius 1 is 0.870 bits per heavy atom. The van der Waals surface area contributed by atoms with Crippen LogP contribution >= 0.6 is 0 Å². The molecule has 2 aliphatic rings. The molecule has 0 aromatic heterocycles. The number of aryl methyl sites for hydroxylation is 2. The van der Waals surface area contributed by atoms with Gasteiger partial charge in [0.05, 0.1) is 12.0 Å². The van der Waals surface area contributed by atoms with Crippen molar-refractivity contribution in [2.45, 2.75) is 51.0 Å². The van der Waals surface area contributed by atoms with Gasteiger partial charge in [-0.25, -0.2) is 0 Å². The van der Waals surface area contributed by atoms with Crippen molar-refractivity contribution in [3.63, 3.8) is 0 Å². The molecule has 2 aromatic rings. The van der Waals surface area contributed by atoms with Gasteiger partial charge in [0.2, 0.25) is 0 Å². The summed E-state index contributed by atoms with van der Waals surface area (Å²) in [4.78, 5) is 12.4. The highest BCUT2D eigenvalue weighted by molar-refractivity contribution is 5.99. The summed E-state index contributed by atoms with van der Waals surface area (Å²) in [7, 11) is 0. The average molecular weight is 306 g/mol. The van der Waals surface area contributed by atoms with Gasteiger partial charge in [-0.15, -0.1) is 0 Å². The minimum atomic E-state index is -0.145. The van der Waals surface area contributed by atoms with Crippen molar-refractivity contribution in [2.24, 2.45) is 0 Å². The van der Waals surface area contributed by atoms with Crippen molar-refractivity contribution in [2.75, 3.05) is 0 Å². The first-order chi connectivity index (χ1) is 11.3. The molecular weight excluding hydrogens is 284 g/mol. The number of benzene rings is 2. The Morgan fingerprint density at radius 3 is 2.52 bits per heavy atom. The minimum absolute atomic E-state index is 0.145. The fourth-order valence-electron chi connectivity index (χ4n) is 3.77. The maximum absolute atomic E-state index is 12.4. The zero-order chi connectivity index (χ0) is 15.6. The highest BCUT2D eigenvalue weighted by Gasteiger charge is 2.27. The second-order valence-corrected chi connectivity index (χ2v) is 6.67. The third-order valence-electron chi connectivity index (χ3n) is 5.07. The van der Waals surface area contributed by atoms with E-state index in [1.807, 2.05) is 24.3 Å². The normalized spacial score (nSPS) is 20.7. The summed E-state index contributed by atoms with van der Waals surface area (Å²) in [5.74, 6) is 0.907. The second-order valence-electron chi connectivity index (χ2n) is 6.67. The first-order valence-electron chi connectivity index (χ1n) is 8.72. The van der Waals surface area contributed by atoms with E-state index in [9.17, 15) is 4.79 Å². The van der Waals surface area contributed by atoms with E-state index in [1.165, 1.54) is 43.2 Å². The lowest BCUT2D eigenvalue weighted by atomic mass is 9.89. The third kappa shape index (κ3) is 2.90. The second kappa shape index (κ2) is 6.19. The van der Waals surface area contributed by atoms with Crippen molar-refractivity contribution in [3.8, 4) is 5.75 Å². The van der Waals surface area contributed by atoms with E-state index in [0.29, 0.717) is 6.42 Å². The van der Waals surface area contributed by atoms with Gasteiger partial charge in [-0.2, -0.15) is 0 Å². The Bertz CT molecular complexity index is 732. The quantitative estimate of drug-likeness (QED) is 0.736. The molecule has 0 amide bonds.